The third-order valence-corrected chi connectivity index (χ3v) is 3.80. The van der Waals surface area contributed by atoms with E-state index in [1.54, 1.807) is 7.11 Å². The van der Waals surface area contributed by atoms with Crippen LogP contribution < -0.4 is 10.5 Å². The monoisotopic (exact) mass is 292 g/mol. The van der Waals surface area contributed by atoms with E-state index >= 15 is 0 Å². The predicted octanol–water partition coefficient (Wildman–Crippen LogP) is 2.95. The Morgan fingerprint density at radius 1 is 1.45 bits per heavy atom. The summed E-state index contributed by atoms with van der Waals surface area (Å²) in [5, 5.41) is 0. The minimum absolute atomic E-state index is 0.394. The van der Waals surface area contributed by atoms with E-state index in [4.69, 9.17) is 22.7 Å². The number of methoxy groups -OCH3 is 1. The first-order chi connectivity index (χ1) is 9.51. The Morgan fingerprint density at radius 3 is 2.65 bits per heavy atom. The Bertz CT molecular complexity index is 483. The van der Waals surface area contributed by atoms with Gasteiger partial charge in [0.1, 0.15) is 10.7 Å². The van der Waals surface area contributed by atoms with Crippen molar-refractivity contribution in [2.45, 2.75) is 39.3 Å². The molecule has 4 heteroatoms. The summed E-state index contributed by atoms with van der Waals surface area (Å²) in [5.41, 5.74) is 7.87. The molecular weight excluding hydrogens is 268 g/mol. The van der Waals surface area contributed by atoms with Crippen molar-refractivity contribution in [3.63, 3.8) is 0 Å². The van der Waals surface area contributed by atoms with Gasteiger partial charge in [0.05, 0.1) is 12.7 Å². The minimum atomic E-state index is 0.394. The smallest absolute Gasteiger partial charge is 0.129 e. The van der Waals surface area contributed by atoms with Crippen molar-refractivity contribution in [1.29, 1.82) is 0 Å². The summed E-state index contributed by atoms with van der Waals surface area (Å²) in [6.07, 6.45) is 2.65. The average molecular weight is 292 g/mol. The predicted molar refractivity (Wildman–Crippen MR) is 87.2 cm³/mol. The molecule has 0 radical (unpaired) electrons. The van der Waals surface area contributed by atoms with Gasteiger partial charge in [-0.25, -0.2) is 0 Å². The number of rotatable bonds is 7. The fourth-order valence-electron chi connectivity index (χ4n) is 2.53. The lowest BCUT2D eigenvalue weighted by atomic mass is 10.1. The van der Waals surface area contributed by atoms with Gasteiger partial charge in [0.25, 0.3) is 0 Å². The van der Waals surface area contributed by atoms with Crippen LogP contribution in [0.5, 0.6) is 5.75 Å². The second-order valence-corrected chi connectivity index (χ2v) is 6.39. The Kier molecular flexibility index (Phi) is 5.00. The highest BCUT2D eigenvalue weighted by Crippen LogP contribution is 2.30. The van der Waals surface area contributed by atoms with Crippen molar-refractivity contribution in [2.24, 2.45) is 11.7 Å². The van der Waals surface area contributed by atoms with Crippen LogP contribution in [-0.4, -0.2) is 29.6 Å². The van der Waals surface area contributed by atoms with Crippen LogP contribution in [0, 0.1) is 5.92 Å². The first-order valence-corrected chi connectivity index (χ1v) is 7.63. The lowest BCUT2D eigenvalue weighted by Gasteiger charge is -2.24. The molecule has 1 aliphatic carbocycles. The molecule has 0 amide bonds. The highest BCUT2D eigenvalue weighted by atomic mass is 32.1. The SMILES string of the molecule is COc1ccc(CN(CC(C)C)C2CC2)cc1C(N)=S. The quantitative estimate of drug-likeness (QED) is 0.784. The molecule has 0 heterocycles. The molecule has 0 aromatic heterocycles. The molecule has 2 rings (SSSR count). The molecule has 0 bridgehead atoms. The van der Waals surface area contributed by atoms with Crippen molar-refractivity contribution in [2.75, 3.05) is 13.7 Å². The molecule has 3 nitrogen and oxygen atoms in total. The molecule has 110 valence electrons. The van der Waals surface area contributed by atoms with Gasteiger partial charge >= 0.3 is 0 Å². The van der Waals surface area contributed by atoms with E-state index in [2.05, 4.69) is 30.9 Å². The van der Waals surface area contributed by atoms with Gasteiger partial charge in [-0.1, -0.05) is 32.1 Å². The number of hydrogen-bond acceptors (Lipinski definition) is 3. The lowest BCUT2D eigenvalue weighted by Crippen LogP contribution is -2.29. The third-order valence-electron chi connectivity index (χ3n) is 3.58. The normalized spacial score (nSPS) is 14.8. The largest absolute Gasteiger partial charge is 0.496 e. The molecule has 1 aromatic carbocycles. The van der Waals surface area contributed by atoms with Crippen molar-refractivity contribution in [3.8, 4) is 5.75 Å². The minimum Gasteiger partial charge on any atom is -0.496 e. The highest BCUT2D eigenvalue weighted by Gasteiger charge is 2.29. The Hall–Kier alpha value is -1.13. The zero-order valence-electron chi connectivity index (χ0n) is 12.6. The molecule has 1 aliphatic rings. The summed E-state index contributed by atoms with van der Waals surface area (Å²) in [5.74, 6) is 1.44. The Labute approximate surface area is 127 Å². The van der Waals surface area contributed by atoms with Crippen molar-refractivity contribution in [1.82, 2.24) is 4.90 Å². The maximum atomic E-state index is 5.78. The molecule has 1 aromatic rings. The summed E-state index contributed by atoms with van der Waals surface area (Å²) in [4.78, 5) is 2.96. The van der Waals surface area contributed by atoms with Gasteiger partial charge in [0.2, 0.25) is 0 Å². The molecule has 0 spiro atoms. The maximum Gasteiger partial charge on any atom is 0.129 e. The summed E-state index contributed by atoms with van der Waals surface area (Å²) in [7, 11) is 1.64. The fourth-order valence-corrected chi connectivity index (χ4v) is 2.69. The molecule has 0 atom stereocenters. The number of nitrogens with zero attached hydrogens (tertiary/aromatic N) is 1. The maximum absolute atomic E-state index is 5.78. The molecule has 1 saturated carbocycles. The van der Waals surface area contributed by atoms with E-state index in [1.807, 2.05) is 6.07 Å². The number of hydrogen-bond donors (Lipinski definition) is 1. The number of thiocarbonyl (C=S) groups is 1. The molecule has 0 aliphatic heterocycles. The van der Waals surface area contributed by atoms with Crippen LogP contribution in [0.25, 0.3) is 0 Å². The van der Waals surface area contributed by atoms with E-state index in [0.717, 1.165) is 30.4 Å². The summed E-state index contributed by atoms with van der Waals surface area (Å²) < 4.78 is 5.31. The zero-order valence-corrected chi connectivity index (χ0v) is 13.4. The molecule has 20 heavy (non-hydrogen) atoms. The molecule has 0 unspecified atom stereocenters. The first-order valence-electron chi connectivity index (χ1n) is 7.22. The number of nitrogens with two attached hydrogens (primary N) is 1. The molecule has 1 fully saturated rings. The molecular formula is C16H24N2OS. The van der Waals surface area contributed by atoms with Gasteiger partial charge < -0.3 is 10.5 Å². The first kappa shape index (κ1) is 15.3. The molecule has 0 saturated heterocycles. The third kappa shape index (κ3) is 3.93. The number of ether oxygens (including phenoxy) is 1. The summed E-state index contributed by atoms with van der Waals surface area (Å²) in [6, 6.07) is 6.89. The van der Waals surface area contributed by atoms with E-state index in [0.29, 0.717) is 10.9 Å². The summed E-state index contributed by atoms with van der Waals surface area (Å²) in [6.45, 7) is 6.63. The van der Waals surface area contributed by atoms with E-state index in [9.17, 15) is 0 Å². The second-order valence-electron chi connectivity index (χ2n) is 5.95. The van der Waals surface area contributed by atoms with Crippen LogP contribution in [0.2, 0.25) is 0 Å². The second kappa shape index (κ2) is 6.55. The van der Waals surface area contributed by atoms with Crippen LogP contribution in [0.1, 0.15) is 37.8 Å². The zero-order chi connectivity index (χ0) is 14.7. The van der Waals surface area contributed by atoms with Gasteiger partial charge in [-0.05, 0) is 36.5 Å². The van der Waals surface area contributed by atoms with E-state index in [-0.39, 0.29) is 0 Å². The number of benzene rings is 1. The van der Waals surface area contributed by atoms with E-state index in [1.165, 1.54) is 18.4 Å². The van der Waals surface area contributed by atoms with Crippen LogP contribution in [0.15, 0.2) is 18.2 Å². The van der Waals surface area contributed by atoms with Crippen LogP contribution in [0.4, 0.5) is 0 Å². The van der Waals surface area contributed by atoms with Gasteiger partial charge in [0, 0.05) is 19.1 Å². The lowest BCUT2D eigenvalue weighted by molar-refractivity contribution is 0.226. The van der Waals surface area contributed by atoms with Gasteiger partial charge in [0.15, 0.2) is 0 Å². The van der Waals surface area contributed by atoms with Crippen LogP contribution in [0.3, 0.4) is 0 Å². The van der Waals surface area contributed by atoms with E-state index < -0.39 is 0 Å². The Morgan fingerprint density at radius 2 is 2.15 bits per heavy atom. The van der Waals surface area contributed by atoms with Gasteiger partial charge in [-0.2, -0.15) is 0 Å². The van der Waals surface area contributed by atoms with Crippen molar-refractivity contribution in [3.05, 3.63) is 29.3 Å². The topological polar surface area (TPSA) is 38.5 Å². The molecule has 2 N–H and O–H groups in total. The standard InChI is InChI=1S/C16H24N2OS/c1-11(2)9-18(13-5-6-13)10-12-4-7-15(19-3)14(8-12)16(17)20/h4,7-8,11,13H,5-6,9-10H2,1-3H3,(H2,17,20). The van der Waals surface area contributed by atoms with Crippen LogP contribution in [-0.2, 0) is 6.54 Å². The van der Waals surface area contributed by atoms with Gasteiger partial charge in [-0.15, -0.1) is 0 Å². The van der Waals surface area contributed by atoms with Crippen molar-refractivity contribution >= 4 is 17.2 Å². The van der Waals surface area contributed by atoms with Crippen LogP contribution >= 0.6 is 12.2 Å². The average Bonchev–Trinajstić information content (AvgIpc) is 3.21. The fraction of sp³-hybridized carbons (Fsp3) is 0.562. The van der Waals surface area contributed by atoms with Gasteiger partial charge in [-0.3, -0.25) is 4.90 Å². The highest BCUT2D eigenvalue weighted by molar-refractivity contribution is 7.80. The Balaban J connectivity index is 2.15. The summed E-state index contributed by atoms with van der Waals surface area (Å²) >= 11 is 5.11. The van der Waals surface area contributed by atoms with Crippen molar-refractivity contribution < 1.29 is 4.74 Å².